The fourth-order valence-electron chi connectivity index (χ4n) is 3.08. The van der Waals surface area contributed by atoms with E-state index in [2.05, 4.69) is 0 Å². The van der Waals surface area contributed by atoms with Crippen LogP contribution in [0.3, 0.4) is 0 Å². The average Bonchev–Trinajstić information content (AvgIpc) is 2.74. The first-order chi connectivity index (χ1) is 15.4. The average molecular weight is 451 g/mol. The molecule has 3 atom stereocenters. The zero-order chi connectivity index (χ0) is 23.3. The Kier molecular flexibility index (Phi) is 11.2. The number of hydrogen-bond acceptors (Lipinski definition) is 8. The van der Waals surface area contributed by atoms with Crippen molar-refractivity contribution in [3.63, 3.8) is 0 Å². The number of cyclic esters (lactones) is 1. The van der Waals surface area contributed by atoms with Crippen LogP contribution in [0.5, 0.6) is 11.5 Å². The van der Waals surface area contributed by atoms with Gasteiger partial charge in [0.25, 0.3) is 0 Å². The van der Waals surface area contributed by atoms with E-state index < -0.39 is 24.3 Å². The van der Waals surface area contributed by atoms with Gasteiger partial charge >= 0.3 is 5.97 Å². The van der Waals surface area contributed by atoms with Gasteiger partial charge in [0.15, 0.2) is 13.6 Å². The quantitative estimate of drug-likeness (QED) is 0.269. The molecule has 0 bridgehead atoms. The van der Waals surface area contributed by atoms with Gasteiger partial charge in [0.1, 0.15) is 23.2 Å². The Bertz CT molecular complexity index is 774. The lowest BCUT2D eigenvalue weighted by Crippen LogP contribution is -2.22. The van der Waals surface area contributed by atoms with E-state index in [1.165, 1.54) is 6.08 Å². The second kappa shape index (κ2) is 13.9. The second-order valence-electron chi connectivity index (χ2n) is 7.35. The first-order valence-corrected chi connectivity index (χ1v) is 11.0. The van der Waals surface area contributed by atoms with E-state index in [1.807, 2.05) is 19.9 Å². The number of aliphatic hydroxyl groups excluding tert-OH is 2. The molecule has 1 aromatic rings. The second-order valence-corrected chi connectivity index (χ2v) is 7.35. The maximum Gasteiger partial charge on any atom is 0.342 e. The van der Waals surface area contributed by atoms with Crippen molar-refractivity contribution in [2.45, 2.75) is 58.3 Å². The number of rotatable bonds is 8. The zero-order valence-electron chi connectivity index (χ0n) is 19.0. The predicted octanol–water partition coefficient (Wildman–Crippen LogP) is 3.45. The standard InChI is InChI=1S/C24H34O8/c1-4-28-15-30-21-13-18-8-6-7-9-19(25)10-11-20(26)12-17(3)32-24(27)23(18)22(14-21)31-16-29-5-2/h6,8,10-11,13-14,17,19-20,25-26H,4-5,7,9,12,15-16H2,1-3H3/b8-6+,11-10-/t17-,19-,20+/m0/s1. The number of carbonyl (C=O) groups is 1. The largest absolute Gasteiger partial charge is 0.467 e. The van der Waals surface area contributed by atoms with Crippen LogP contribution >= 0.6 is 0 Å². The van der Waals surface area contributed by atoms with Crippen LogP contribution in [0.2, 0.25) is 0 Å². The van der Waals surface area contributed by atoms with Crippen LogP contribution in [0.1, 0.15) is 56.0 Å². The van der Waals surface area contributed by atoms with E-state index in [9.17, 15) is 15.0 Å². The third kappa shape index (κ3) is 8.63. The molecular formula is C24H34O8. The van der Waals surface area contributed by atoms with Crippen LogP contribution in [-0.2, 0) is 14.2 Å². The summed E-state index contributed by atoms with van der Waals surface area (Å²) in [7, 11) is 0. The smallest absolute Gasteiger partial charge is 0.342 e. The summed E-state index contributed by atoms with van der Waals surface area (Å²) in [6.07, 6.45) is 5.87. The van der Waals surface area contributed by atoms with Gasteiger partial charge in [-0.2, -0.15) is 0 Å². The Hall–Kier alpha value is -2.39. The number of benzene rings is 1. The van der Waals surface area contributed by atoms with E-state index >= 15 is 0 Å². The van der Waals surface area contributed by atoms with E-state index in [0.29, 0.717) is 37.4 Å². The fraction of sp³-hybridized carbons (Fsp3) is 0.542. The van der Waals surface area contributed by atoms with Crippen LogP contribution in [0, 0.1) is 0 Å². The van der Waals surface area contributed by atoms with Crippen LogP contribution in [0.25, 0.3) is 6.08 Å². The Morgan fingerprint density at radius 1 is 1.03 bits per heavy atom. The lowest BCUT2D eigenvalue weighted by atomic mass is 10.0. The van der Waals surface area contributed by atoms with Crippen molar-refractivity contribution in [3.8, 4) is 11.5 Å². The molecule has 2 rings (SSSR count). The van der Waals surface area contributed by atoms with Gasteiger partial charge in [-0.25, -0.2) is 4.79 Å². The number of fused-ring (bicyclic) bond motifs is 1. The number of aliphatic hydroxyl groups is 2. The van der Waals surface area contributed by atoms with E-state index in [4.69, 9.17) is 23.7 Å². The molecule has 1 aromatic carbocycles. The Balaban J connectivity index is 2.44. The third-order valence-electron chi connectivity index (χ3n) is 4.69. The van der Waals surface area contributed by atoms with Crippen LogP contribution in [0.15, 0.2) is 30.4 Å². The highest BCUT2D eigenvalue weighted by molar-refractivity contribution is 5.97. The molecule has 32 heavy (non-hydrogen) atoms. The van der Waals surface area contributed by atoms with Crippen molar-refractivity contribution in [1.29, 1.82) is 0 Å². The summed E-state index contributed by atoms with van der Waals surface area (Å²) in [6.45, 7) is 6.39. The van der Waals surface area contributed by atoms with Gasteiger partial charge in [-0.3, -0.25) is 0 Å². The molecule has 1 aliphatic rings. The highest BCUT2D eigenvalue weighted by atomic mass is 16.7. The minimum absolute atomic E-state index is 0.0416. The Morgan fingerprint density at radius 3 is 2.44 bits per heavy atom. The molecule has 2 N–H and O–H groups in total. The van der Waals surface area contributed by atoms with Crippen molar-refractivity contribution >= 4 is 12.0 Å². The van der Waals surface area contributed by atoms with Gasteiger partial charge < -0.3 is 33.9 Å². The summed E-state index contributed by atoms with van der Waals surface area (Å²) in [5, 5.41) is 20.2. The van der Waals surface area contributed by atoms with E-state index in [-0.39, 0.29) is 31.3 Å². The molecule has 8 heteroatoms. The monoisotopic (exact) mass is 450 g/mol. The topological polar surface area (TPSA) is 104 Å². The number of carbonyl (C=O) groups excluding carboxylic acids is 1. The molecule has 0 saturated heterocycles. The van der Waals surface area contributed by atoms with E-state index in [1.54, 1.807) is 31.2 Å². The molecule has 0 saturated carbocycles. The maximum absolute atomic E-state index is 13.1. The minimum Gasteiger partial charge on any atom is -0.467 e. The molecule has 0 aromatic heterocycles. The first kappa shape index (κ1) is 25.9. The zero-order valence-corrected chi connectivity index (χ0v) is 19.0. The van der Waals surface area contributed by atoms with Crippen molar-refractivity contribution < 1.29 is 38.7 Å². The van der Waals surface area contributed by atoms with Crippen LogP contribution < -0.4 is 9.47 Å². The van der Waals surface area contributed by atoms with Gasteiger partial charge in [-0.1, -0.05) is 24.3 Å². The molecule has 1 aliphatic heterocycles. The van der Waals surface area contributed by atoms with Gasteiger partial charge in [0.05, 0.1) is 12.2 Å². The lowest BCUT2D eigenvalue weighted by Gasteiger charge is -2.19. The Morgan fingerprint density at radius 2 is 1.72 bits per heavy atom. The number of esters is 1. The van der Waals surface area contributed by atoms with Crippen LogP contribution in [0.4, 0.5) is 0 Å². The molecular weight excluding hydrogens is 416 g/mol. The summed E-state index contributed by atoms with van der Waals surface area (Å²) >= 11 is 0. The van der Waals surface area contributed by atoms with Crippen molar-refractivity contribution in [1.82, 2.24) is 0 Å². The van der Waals surface area contributed by atoms with Gasteiger partial charge in [-0.05, 0) is 45.2 Å². The molecule has 0 fully saturated rings. The summed E-state index contributed by atoms with van der Waals surface area (Å²) in [6, 6.07) is 3.31. The number of allylic oxidation sites excluding steroid dienone is 1. The van der Waals surface area contributed by atoms with Gasteiger partial charge in [0, 0.05) is 25.7 Å². The van der Waals surface area contributed by atoms with E-state index in [0.717, 1.165) is 0 Å². The summed E-state index contributed by atoms with van der Waals surface area (Å²) in [5.41, 5.74) is 0.782. The molecule has 1 heterocycles. The Labute approximate surface area is 189 Å². The van der Waals surface area contributed by atoms with Gasteiger partial charge in [-0.15, -0.1) is 0 Å². The number of hydrogen-bond donors (Lipinski definition) is 2. The predicted molar refractivity (Wildman–Crippen MR) is 120 cm³/mol. The first-order valence-electron chi connectivity index (χ1n) is 11.0. The molecule has 0 aliphatic carbocycles. The van der Waals surface area contributed by atoms with Crippen LogP contribution in [-0.4, -0.2) is 61.3 Å². The SMILES string of the molecule is CCOCOc1cc2c(c(OCOCC)c1)C(=O)O[C@@H](C)C[C@H](O)/C=C\[C@@H](O)CC/C=C/2. The molecule has 0 unspecified atom stereocenters. The molecule has 0 spiro atoms. The molecule has 178 valence electrons. The van der Waals surface area contributed by atoms with Crippen molar-refractivity contribution in [2.75, 3.05) is 26.8 Å². The van der Waals surface area contributed by atoms with Crippen molar-refractivity contribution in [3.05, 3.63) is 41.5 Å². The maximum atomic E-state index is 13.1. The normalized spacial score (nSPS) is 24.0. The summed E-state index contributed by atoms with van der Waals surface area (Å²) in [4.78, 5) is 13.1. The summed E-state index contributed by atoms with van der Waals surface area (Å²) in [5.74, 6) is 0.152. The summed E-state index contributed by atoms with van der Waals surface area (Å²) < 4.78 is 27.5. The lowest BCUT2D eigenvalue weighted by molar-refractivity contribution is 0.0145. The van der Waals surface area contributed by atoms with Gasteiger partial charge in [0.2, 0.25) is 0 Å². The molecule has 8 nitrogen and oxygen atoms in total. The number of ether oxygens (including phenoxy) is 5. The van der Waals surface area contributed by atoms with Crippen molar-refractivity contribution in [2.24, 2.45) is 0 Å². The fourth-order valence-corrected chi connectivity index (χ4v) is 3.08. The highest BCUT2D eigenvalue weighted by Crippen LogP contribution is 2.32. The molecule has 0 radical (unpaired) electrons. The third-order valence-corrected chi connectivity index (χ3v) is 4.69. The minimum atomic E-state index is -0.839. The highest BCUT2D eigenvalue weighted by Gasteiger charge is 2.23. The molecule has 0 amide bonds.